The number of halogens is 2. The molecule has 1 aliphatic carbocycles. The molecule has 1 aromatic heterocycles. The minimum absolute atomic E-state index is 0.0255. The number of aromatic nitrogens is 2. The molecule has 0 bridgehead atoms. The molecular weight excluding hydrogens is 519 g/mol. The normalized spacial score (nSPS) is 19.9. The predicted molar refractivity (Wildman–Crippen MR) is 144 cm³/mol. The number of ether oxygens (including phenoxy) is 1. The Hall–Kier alpha value is -3.27. The predicted octanol–water partition coefficient (Wildman–Crippen LogP) is 4.00. The number of thiocarbonyl (C=S) groups is 1. The Morgan fingerprint density at radius 1 is 1.14 bits per heavy atom. The number of nitrogens with two attached hydrogens (primary N) is 1. The first-order chi connectivity index (χ1) is 17.8. The quantitative estimate of drug-likeness (QED) is 0.322. The summed E-state index contributed by atoms with van der Waals surface area (Å²) in [5.41, 5.74) is 6.01. The lowest BCUT2D eigenvalue weighted by Gasteiger charge is -2.29. The Morgan fingerprint density at radius 3 is 2.49 bits per heavy atom. The van der Waals surface area contributed by atoms with Crippen LogP contribution in [0.2, 0.25) is 5.02 Å². The highest BCUT2D eigenvalue weighted by atomic mass is 35.5. The van der Waals surface area contributed by atoms with Gasteiger partial charge in [-0.05, 0) is 62.9 Å². The number of anilines is 4. The van der Waals surface area contributed by atoms with E-state index in [2.05, 4.69) is 31.2 Å². The number of rotatable bonds is 7. The molecule has 0 radical (unpaired) electrons. The molecule has 10 nitrogen and oxygen atoms in total. The molecule has 13 heteroatoms. The van der Waals surface area contributed by atoms with Gasteiger partial charge >= 0.3 is 0 Å². The monoisotopic (exact) mass is 546 g/mol. The molecule has 196 valence electrons. The molecule has 37 heavy (non-hydrogen) atoms. The largest absolute Gasteiger partial charge is 0.381 e. The van der Waals surface area contributed by atoms with Gasteiger partial charge in [-0.1, -0.05) is 11.6 Å². The molecule has 2 aliphatic rings. The lowest BCUT2D eigenvalue weighted by atomic mass is 9.85. The van der Waals surface area contributed by atoms with Crippen molar-refractivity contribution in [1.29, 1.82) is 5.26 Å². The summed E-state index contributed by atoms with van der Waals surface area (Å²) < 4.78 is 19.9. The Bertz CT molecular complexity index is 1170. The highest BCUT2D eigenvalue weighted by Crippen LogP contribution is 2.30. The second kappa shape index (κ2) is 12.3. The van der Waals surface area contributed by atoms with Crippen molar-refractivity contribution in [2.75, 3.05) is 34.5 Å². The van der Waals surface area contributed by atoms with Gasteiger partial charge in [-0.15, -0.1) is 0 Å². The Morgan fingerprint density at radius 2 is 1.84 bits per heavy atom. The fourth-order valence-electron chi connectivity index (χ4n) is 4.42. The van der Waals surface area contributed by atoms with Gasteiger partial charge in [0.25, 0.3) is 0 Å². The van der Waals surface area contributed by atoms with Crippen molar-refractivity contribution >= 4 is 58.0 Å². The van der Waals surface area contributed by atoms with E-state index in [0.29, 0.717) is 43.5 Å². The maximum atomic E-state index is 14.5. The molecule has 1 saturated carbocycles. The lowest BCUT2D eigenvalue weighted by Crippen LogP contribution is -2.33. The van der Waals surface area contributed by atoms with Crippen LogP contribution in [0.5, 0.6) is 0 Å². The standard InChI is InChI=1S/C24H28ClFN8O2S/c25-17-9-13(11-27)10-18(26)20(17)33-24(37)32-19-12-29-23(31-16-5-7-36-8-6-16)34-22(19)30-15-3-1-14(2-4-15)21(28)35/h9-10,12,14-16H,1-8H2,(H2,28,35)(H2,32,33,37)(H2,29,30,31,34)/t14-,15-. The average molecular weight is 547 g/mol. The van der Waals surface area contributed by atoms with Gasteiger partial charge in [-0.2, -0.15) is 10.2 Å². The van der Waals surface area contributed by atoms with Gasteiger partial charge in [0.05, 0.1) is 28.5 Å². The van der Waals surface area contributed by atoms with Crippen LogP contribution in [-0.4, -0.2) is 46.3 Å². The summed E-state index contributed by atoms with van der Waals surface area (Å²) in [6.07, 6.45) is 6.22. The molecule has 0 unspecified atom stereocenters. The van der Waals surface area contributed by atoms with Crippen LogP contribution in [0.3, 0.4) is 0 Å². The maximum absolute atomic E-state index is 14.5. The van der Waals surface area contributed by atoms with Gasteiger partial charge in [0, 0.05) is 31.2 Å². The van der Waals surface area contributed by atoms with E-state index in [-0.39, 0.29) is 45.3 Å². The van der Waals surface area contributed by atoms with E-state index >= 15 is 0 Å². The summed E-state index contributed by atoms with van der Waals surface area (Å²) in [5, 5.41) is 21.6. The van der Waals surface area contributed by atoms with Gasteiger partial charge in [-0.25, -0.2) is 9.37 Å². The molecule has 1 aliphatic heterocycles. The van der Waals surface area contributed by atoms with E-state index in [0.717, 1.165) is 31.7 Å². The number of nitrogens with zero attached hydrogens (tertiary/aromatic N) is 3. The Balaban J connectivity index is 1.50. The summed E-state index contributed by atoms with van der Waals surface area (Å²) in [6, 6.07) is 4.56. The minimum atomic E-state index is -0.704. The van der Waals surface area contributed by atoms with Gasteiger partial charge < -0.3 is 31.7 Å². The Kier molecular flexibility index (Phi) is 8.91. The first-order valence-corrected chi connectivity index (χ1v) is 12.8. The smallest absolute Gasteiger partial charge is 0.224 e. The number of amides is 1. The molecule has 0 atom stereocenters. The van der Waals surface area contributed by atoms with E-state index in [4.69, 9.17) is 39.6 Å². The fourth-order valence-corrected chi connectivity index (χ4v) is 4.88. The molecule has 6 N–H and O–H groups in total. The van der Waals surface area contributed by atoms with E-state index in [9.17, 15) is 9.18 Å². The van der Waals surface area contributed by atoms with E-state index in [1.54, 1.807) is 6.20 Å². The zero-order valence-electron chi connectivity index (χ0n) is 20.0. The number of carbonyl (C=O) groups excluding carboxylic acids is 1. The SMILES string of the molecule is N#Cc1cc(F)c(NC(=S)Nc2cnc(NC3CCOCC3)nc2N[C@H]2CC[C@H](C(N)=O)CC2)c(Cl)c1. The number of hydrogen-bond donors (Lipinski definition) is 5. The summed E-state index contributed by atoms with van der Waals surface area (Å²) in [6.45, 7) is 1.36. The van der Waals surface area contributed by atoms with E-state index in [1.807, 2.05) is 6.07 Å². The van der Waals surface area contributed by atoms with Crippen LogP contribution >= 0.6 is 23.8 Å². The molecule has 1 amide bonds. The average Bonchev–Trinajstić information content (AvgIpc) is 2.88. The van der Waals surface area contributed by atoms with Gasteiger partial charge in [-0.3, -0.25) is 4.79 Å². The summed E-state index contributed by atoms with van der Waals surface area (Å²) >= 11 is 11.5. The van der Waals surface area contributed by atoms with Gasteiger partial charge in [0.15, 0.2) is 10.9 Å². The molecule has 2 fully saturated rings. The second-order valence-electron chi connectivity index (χ2n) is 9.09. The second-order valence-corrected chi connectivity index (χ2v) is 9.90. The van der Waals surface area contributed by atoms with Crippen molar-refractivity contribution in [3.8, 4) is 6.07 Å². The third-order valence-electron chi connectivity index (χ3n) is 6.47. The van der Waals surface area contributed by atoms with Crippen LogP contribution < -0.4 is 27.0 Å². The van der Waals surface area contributed by atoms with Crippen LogP contribution in [0, 0.1) is 23.1 Å². The summed E-state index contributed by atoms with van der Waals surface area (Å²) in [4.78, 5) is 20.7. The number of carbonyl (C=O) groups is 1. The molecule has 2 aromatic rings. The zero-order chi connectivity index (χ0) is 26.4. The topological polar surface area (TPSA) is 150 Å². The van der Waals surface area contributed by atoms with Crippen LogP contribution in [0.15, 0.2) is 18.3 Å². The third-order valence-corrected chi connectivity index (χ3v) is 6.97. The van der Waals surface area contributed by atoms with Crippen molar-refractivity contribution in [2.45, 2.75) is 50.6 Å². The van der Waals surface area contributed by atoms with E-state index < -0.39 is 5.82 Å². The number of hydrogen-bond acceptors (Lipinski definition) is 8. The molecule has 0 spiro atoms. The highest BCUT2D eigenvalue weighted by molar-refractivity contribution is 7.80. The summed E-state index contributed by atoms with van der Waals surface area (Å²) in [7, 11) is 0. The van der Waals surface area contributed by atoms with Crippen molar-refractivity contribution < 1.29 is 13.9 Å². The highest BCUT2D eigenvalue weighted by Gasteiger charge is 2.26. The first-order valence-electron chi connectivity index (χ1n) is 12.1. The molecule has 1 aromatic carbocycles. The lowest BCUT2D eigenvalue weighted by molar-refractivity contribution is -0.122. The minimum Gasteiger partial charge on any atom is -0.381 e. The third kappa shape index (κ3) is 7.15. The van der Waals surface area contributed by atoms with Crippen LogP contribution in [0.1, 0.15) is 44.1 Å². The molecule has 2 heterocycles. The number of benzene rings is 1. The van der Waals surface area contributed by atoms with Crippen LogP contribution in [0.25, 0.3) is 0 Å². The van der Waals surface area contributed by atoms with Crippen molar-refractivity contribution in [3.63, 3.8) is 0 Å². The Labute approximate surface area is 224 Å². The van der Waals surface area contributed by atoms with Gasteiger partial charge in [0.2, 0.25) is 11.9 Å². The van der Waals surface area contributed by atoms with Crippen molar-refractivity contribution in [2.24, 2.45) is 11.7 Å². The number of nitrogens with one attached hydrogen (secondary N) is 4. The number of nitriles is 1. The fraction of sp³-hybridized carbons (Fsp3) is 0.458. The number of primary amides is 1. The van der Waals surface area contributed by atoms with E-state index in [1.165, 1.54) is 6.07 Å². The van der Waals surface area contributed by atoms with Crippen LogP contribution in [0.4, 0.5) is 27.5 Å². The molecule has 1 saturated heterocycles. The summed E-state index contributed by atoms with van der Waals surface area (Å²) in [5.74, 6) is -0.106. The van der Waals surface area contributed by atoms with Crippen molar-refractivity contribution in [3.05, 3.63) is 34.7 Å². The first kappa shape index (κ1) is 26.8. The molecular formula is C24H28ClFN8O2S. The molecule has 4 rings (SSSR count). The maximum Gasteiger partial charge on any atom is 0.224 e. The van der Waals surface area contributed by atoms with Crippen molar-refractivity contribution in [1.82, 2.24) is 9.97 Å². The van der Waals surface area contributed by atoms with Gasteiger partial charge in [0.1, 0.15) is 11.5 Å². The van der Waals surface area contributed by atoms with Crippen LogP contribution in [-0.2, 0) is 9.53 Å². The zero-order valence-corrected chi connectivity index (χ0v) is 21.6.